The van der Waals surface area contributed by atoms with E-state index in [1.165, 1.54) is 19.3 Å². The van der Waals surface area contributed by atoms with Gasteiger partial charge < -0.3 is 9.84 Å². The zero-order chi connectivity index (χ0) is 12.3. The highest BCUT2D eigenvalue weighted by atomic mass is 16.5. The second kappa shape index (κ2) is 10.1. The van der Waals surface area contributed by atoms with Crippen LogP contribution in [0, 0.1) is 5.41 Å². The second-order valence-electron chi connectivity index (χ2n) is 4.83. The van der Waals surface area contributed by atoms with E-state index < -0.39 is 0 Å². The maximum Gasteiger partial charge on any atom is 0.0488 e. The zero-order valence-corrected chi connectivity index (χ0v) is 11.4. The molecule has 0 saturated carbocycles. The molecule has 0 aromatic heterocycles. The van der Waals surface area contributed by atoms with Crippen molar-refractivity contribution < 1.29 is 9.84 Å². The van der Waals surface area contributed by atoms with Crippen molar-refractivity contribution >= 4 is 0 Å². The first-order valence-corrected chi connectivity index (χ1v) is 6.93. The fourth-order valence-corrected chi connectivity index (χ4v) is 1.94. The molecule has 1 unspecified atom stereocenters. The molecular weight excluding hydrogens is 200 g/mol. The van der Waals surface area contributed by atoms with E-state index in [2.05, 4.69) is 20.8 Å². The van der Waals surface area contributed by atoms with Gasteiger partial charge in [-0.25, -0.2) is 0 Å². The lowest BCUT2D eigenvalue weighted by atomic mass is 9.78. The first-order chi connectivity index (χ1) is 7.74. The third-order valence-corrected chi connectivity index (χ3v) is 3.57. The smallest absolute Gasteiger partial charge is 0.0488 e. The normalized spacial score (nSPS) is 15.0. The van der Waals surface area contributed by atoms with E-state index in [1.54, 1.807) is 0 Å². The lowest BCUT2D eigenvalue weighted by Gasteiger charge is -2.30. The van der Waals surface area contributed by atoms with Gasteiger partial charge in [-0.1, -0.05) is 40.0 Å². The summed E-state index contributed by atoms with van der Waals surface area (Å²) in [7, 11) is 0. The molecule has 0 spiro atoms. The van der Waals surface area contributed by atoms with E-state index in [4.69, 9.17) is 4.74 Å². The molecule has 0 heterocycles. The molecule has 98 valence electrons. The van der Waals surface area contributed by atoms with Crippen molar-refractivity contribution in [2.24, 2.45) is 5.41 Å². The molecule has 0 bridgehead atoms. The van der Waals surface area contributed by atoms with Crippen LogP contribution >= 0.6 is 0 Å². The Labute approximate surface area is 101 Å². The molecule has 0 fully saturated rings. The Morgan fingerprint density at radius 3 is 2.12 bits per heavy atom. The van der Waals surface area contributed by atoms with Crippen molar-refractivity contribution in [3.63, 3.8) is 0 Å². The van der Waals surface area contributed by atoms with Gasteiger partial charge >= 0.3 is 0 Å². The minimum atomic E-state index is 0.113. The highest BCUT2D eigenvalue weighted by Gasteiger charge is 2.26. The molecule has 16 heavy (non-hydrogen) atoms. The first-order valence-electron chi connectivity index (χ1n) is 6.93. The molecule has 1 atom stereocenters. The molecule has 2 nitrogen and oxygen atoms in total. The topological polar surface area (TPSA) is 29.5 Å². The Kier molecular flexibility index (Phi) is 10.0. The van der Waals surface area contributed by atoms with Gasteiger partial charge in [0.25, 0.3) is 0 Å². The summed E-state index contributed by atoms with van der Waals surface area (Å²) in [5.41, 5.74) is 0.113. The molecule has 0 saturated heterocycles. The summed E-state index contributed by atoms with van der Waals surface area (Å²) < 4.78 is 5.60. The van der Waals surface area contributed by atoms with Crippen molar-refractivity contribution in [3.8, 4) is 0 Å². The minimum Gasteiger partial charge on any atom is -0.396 e. The lowest BCUT2D eigenvalue weighted by molar-refractivity contribution is 0.0459. The number of hydrogen-bond acceptors (Lipinski definition) is 2. The number of unbranched alkanes of at least 4 members (excludes halogenated alkanes) is 2. The molecule has 0 aliphatic heterocycles. The standard InChI is InChI=1S/C14H30O2/c1-4-7-9-14(6-3,13-15)10-12-16-11-8-5-2/h15H,4-13H2,1-3H3. The summed E-state index contributed by atoms with van der Waals surface area (Å²) in [6.45, 7) is 8.54. The molecule has 0 amide bonds. The Balaban J connectivity index is 3.82. The van der Waals surface area contributed by atoms with Gasteiger partial charge in [-0.05, 0) is 31.1 Å². The van der Waals surface area contributed by atoms with Gasteiger partial charge in [0.2, 0.25) is 0 Å². The van der Waals surface area contributed by atoms with Crippen molar-refractivity contribution in [3.05, 3.63) is 0 Å². The summed E-state index contributed by atoms with van der Waals surface area (Å²) in [4.78, 5) is 0. The Bertz CT molecular complexity index is 142. The SMILES string of the molecule is CCCCOCCC(CC)(CO)CCCC. The largest absolute Gasteiger partial charge is 0.396 e. The van der Waals surface area contributed by atoms with Crippen molar-refractivity contribution in [1.82, 2.24) is 0 Å². The van der Waals surface area contributed by atoms with Crippen LogP contribution in [0.1, 0.15) is 65.7 Å². The Morgan fingerprint density at radius 1 is 0.938 bits per heavy atom. The number of hydrogen-bond donors (Lipinski definition) is 1. The van der Waals surface area contributed by atoms with E-state index in [-0.39, 0.29) is 5.41 Å². The van der Waals surface area contributed by atoms with E-state index in [1.807, 2.05) is 0 Å². The van der Waals surface area contributed by atoms with Crippen LogP contribution in [0.5, 0.6) is 0 Å². The predicted octanol–water partition coefficient (Wildman–Crippen LogP) is 3.77. The Hall–Kier alpha value is -0.0800. The lowest BCUT2D eigenvalue weighted by Crippen LogP contribution is -2.26. The summed E-state index contributed by atoms with van der Waals surface area (Å²) in [6.07, 6.45) is 7.95. The van der Waals surface area contributed by atoms with Gasteiger partial charge in [-0.3, -0.25) is 0 Å². The summed E-state index contributed by atoms with van der Waals surface area (Å²) in [6, 6.07) is 0. The summed E-state index contributed by atoms with van der Waals surface area (Å²) >= 11 is 0. The van der Waals surface area contributed by atoms with Crippen LogP contribution in [0.4, 0.5) is 0 Å². The van der Waals surface area contributed by atoms with Crippen LogP contribution in [0.3, 0.4) is 0 Å². The van der Waals surface area contributed by atoms with E-state index in [0.717, 1.165) is 38.9 Å². The molecule has 0 aliphatic rings. The maximum atomic E-state index is 9.55. The fraction of sp³-hybridized carbons (Fsp3) is 1.00. The molecule has 0 aromatic carbocycles. The van der Waals surface area contributed by atoms with Crippen molar-refractivity contribution in [2.75, 3.05) is 19.8 Å². The highest BCUT2D eigenvalue weighted by Crippen LogP contribution is 2.32. The molecule has 2 heteroatoms. The van der Waals surface area contributed by atoms with Gasteiger partial charge in [-0.2, -0.15) is 0 Å². The van der Waals surface area contributed by atoms with Gasteiger partial charge in [0.15, 0.2) is 0 Å². The van der Waals surface area contributed by atoms with Gasteiger partial charge in [0.1, 0.15) is 0 Å². The number of rotatable bonds is 11. The quantitative estimate of drug-likeness (QED) is 0.547. The van der Waals surface area contributed by atoms with Gasteiger partial charge in [-0.15, -0.1) is 0 Å². The average molecular weight is 230 g/mol. The summed E-state index contributed by atoms with van der Waals surface area (Å²) in [5.74, 6) is 0. The molecule has 1 N–H and O–H groups in total. The van der Waals surface area contributed by atoms with Crippen LogP contribution in [-0.2, 0) is 4.74 Å². The molecule has 0 aromatic rings. The summed E-state index contributed by atoms with van der Waals surface area (Å²) in [5, 5.41) is 9.55. The monoisotopic (exact) mass is 230 g/mol. The van der Waals surface area contributed by atoms with Crippen LogP contribution < -0.4 is 0 Å². The number of ether oxygens (including phenoxy) is 1. The number of aliphatic hydroxyl groups is 1. The highest BCUT2D eigenvalue weighted by molar-refractivity contribution is 4.76. The molecule has 0 radical (unpaired) electrons. The minimum absolute atomic E-state index is 0.113. The fourth-order valence-electron chi connectivity index (χ4n) is 1.94. The second-order valence-corrected chi connectivity index (χ2v) is 4.83. The molecule has 0 rings (SSSR count). The van der Waals surface area contributed by atoms with Crippen molar-refractivity contribution in [2.45, 2.75) is 65.7 Å². The van der Waals surface area contributed by atoms with Crippen LogP contribution in [0.25, 0.3) is 0 Å². The van der Waals surface area contributed by atoms with Crippen molar-refractivity contribution in [1.29, 1.82) is 0 Å². The van der Waals surface area contributed by atoms with E-state index in [9.17, 15) is 5.11 Å². The average Bonchev–Trinajstić information content (AvgIpc) is 2.33. The number of aliphatic hydroxyl groups excluding tert-OH is 1. The van der Waals surface area contributed by atoms with Crippen LogP contribution in [-0.4, -0.2) is 24.9 Å². The predicted molar refractivity (Wildman–Crippen MR) is 69.7 cm³/mol. The third-order valence-electron chi connectivity index (χ3n) is 3.57. The van der Waals surface area contributed by atoms with Crippen LogP contribution in [0.2, 0.25) is 0 Å². The zero-order valence-electron chi connectivity index (χ0n) is 11.4. The van der Waals surface area contributed by atoms with Crippen LogP contribution in [0.15, 0.2) is 0 Å². The molecular formula is C14H30O2. The van der Waals surface area contributed by atoms with E-state index in [0.29, 0.717) is 6.61 Å². The Morgan fingerprint density at radius 2 is 1.62 bits per heavy atom. The van der Waals surface area contributed by atoms with E-state index >= 15 is 0 Å². The molecule has 0 aliphatic carbocycles. The van der Waals surface area contributed by atoms with Gasteiger partial charge in [0.05, 0.1) is 0 Å². The maximum absolute atomic E-state index is 9.55. The third kappa shape index (κ3) is 6.49. The van der Waals surface area contributed by atoms with Gasteiger partial charge in [0, 0.05) is 19.8 Å². The first kappa shape index (κ1) is 15.9.